The summed E-state index contributed by atoms with van der Waals surface area (Å²) in [5.74, 6) is -2.14. The fourth-order valence-electron chi connectivity index (χ4n) is 3.55. The number of alkyl halides is 4. The maximum absolute atomic E-state index is 13.1. The van der Waals surface area contributed by atoms with E-state index in [1.54, 1.807) is 4.90 Å². The summed E-state index contributed by atoms with van der Waals surface area (Å²) in [5.41, 5.74) is 0. The standard InChI is InChI=1S/C14H21ClF3NO/c1-9-6-7-19(12(9)8-15)13(20)10-4-2-3-5-11(10)14(16,17)18/h9-12H,2-8H2,1H3. The Labute approximate surface area is 122 Å². The molecule has 1 aliphatic heterocycles. The molecule has 0 aromatic rings. The Morgan fingerprint density at radius 2 is 1.90 bits per heavy atom. The van der Waals surface area contributed by atoms with Crippen molar-refractivity contribution >= 4 is 17.5 Å². The summed E-state index contributed by atoms with van der Waals surface area (Å²) >= 11 is 5.89. The van der Waals surface area contributed by atoms with Crippen LogP contribution in [-0.4, -0.2) is 35.4 Å². The second-order valence-electron chi connectivity index (χ2n) is 6.06. The van der Waals surface area contributed by atoms with Crippen molar-refractivity contribution in [1.29, 1.82) is 0 Å². The summed E-state index contributed by atoms with van der Waals surface area (Å²) in [6, 6.07) is -0.111. The molecular weight excluding hydrogens is 291 g/mol. The van der Waals surface area contributed by atoms with Crippen LogP contribution in [0.4, 0.5) is 13.2 Å². The zero-order chi connectivity index (χ0) is 14.9. The Morgan fingerprint density at radius 3 is 2.50 bits per heavy atom. The van der Waals surface area contributed by atoms with Crippen LogP contribution in [0.3, 0.4) is 0 Å². The molecule has 0 N–H and O–H groups in total. The van der Waals surface area contributed by atoms with Crippen LogP contribution >= 0.6 is 11.6 Å². The minimum Gasteiger partial charge on any atom is -0.338 e. The highest BCUT2D eigenvalue weighted by Gasteiger charge is 2.50. The SMILES string of the molecule is CC1CCN(C(=O)C2CCCCC2C(F)(F)F)C1CCl. The van der Waals surface area contributed by atoms with E-state index in [-0.39, 0.29) is 24.3 Å². The smallest absolute Gasteiger partial charge is 0.338 e. The first-order valence-electron chi connectivity index (χ1n) is 7.29. The number of carbonyl (C=O) groups is 1. The van der Waals surface area contributed by atoms with Crippen molar-refractivity contribution < 1.29 is 18.0 Å². The third-order valence-electron chi connectivity index (χ3n) is 4.83. The fraction of sp³-hybridized carbons (Fsp3) is 0.929. The molecule has 2 fully saturated rings. The Bertz CT molecular complexity index is 361. The Balaban J connectivity index is 2.14. The average molecular weight is 312 g/mol. The lowest BCUT2D eigenvalue weighted by Crippen LogP contribution is -2.47. The number of carbonyl (C=O) groups excluding carboxylic acids is 1. The van der Waals surface area contributed by atoms with Crippen molar-refractivity contribution in [3.05, 3.63) is 0 Å². The van der Waals surface area contributed by atoms with Gasteiger partial charge >= 0.3 is 6.18 Å². The fourth-order valence-corrected chi connectivity index (χ4v) is 4.02. The van der Waals surface area contributed by atoms with Crippen LogP contribution in [0.25, 0.3) is 0 Å². The molecule has 1 aliphatic carbocycles. The summed E-state index contributed by atoms with van der Waals surface area (Å²) < 4.78 is 39.3. The number of amides is 1. The molecule has 1 saturated carbocycles. The molecule has 6 heteroatoms. The van der Waals surface area contributed by atoms with Gasteiger partial charge in [0, 0.05) is 24.4 Å². The Kier molecular flexibility index (Phi) is 4.88. The molecular formula is C14H21ClF3NO. The van der Waals surface area contributed by atoms with E-state index in [0.29, 0.717) is 31.7 Å². The first kappa shape index (κ1) is 15.9. The van der Waals surface area contributed by atoms with Crippen LogP contribution < -0.4 is 0 Å². The molecule has 0 radical (unpaired) electrons. The van der Waals surface area contributed by atoms with Crippen molar-refractivity contribution in [3.8, 4) is 0 Å². The van der Waals surface area contributed by atoms with Crippen LogP contribution in [0, 0.1) is 17.8 Å². The normalized spacial score (nSPS) is 35.4. The number of nitrogens with zero attached hydrogens (tertiary/aromatic N) is 1. The van der Waals surface area contributed by atoms with Gasteiger partial charge in [0.05, 0.1) is 5.92 Å². The van der Waals surface area contributed by atoms with Crippen molar-refractivity contribution in [1.82, 2.24) is 4.90 Å². The Hall–Kier alpha value is -0.450. The topological polar surface area (TPSA) is 20.3 Å². The highest BCUT2D eigenvalue weighted by atomic mass is 35.5. The monoisotopic (exact) mass is 311 g/mol. The van der Waals surface area contributed by atoms with Crippen LogP contribution in [0.2, 0.25) is 0 Å². The summed E-state index contributed by atoms with van der Waals surface area (Å²) in [6.07, 6.45) is -1.76. The number of hydrogen-bond donors (Lipinski definition) is 0. The third kappa shape index (κ3) is 3.07. The van der Waals surface area contributed by atoms with Crippen LogP contribution in [0.5, 0.6) is 0 Å². The van der Waals surface area contributed by atoms with Gasteiger partial charge in [0.1, 0.15) is 0 Å². The molecule has 0 spiro atoms. The molecule has 4 unspecified atom stereocenters. The van der Waals surface area contributed by atoms with Gasteiger partial charge in [-0.05, 0) is 25.2 Å². The van der Waals surface area contributed by atoms with Gasteiger partial charge in [-0.15, -0.1) is 11.6 Å². The van der Waals surface area contributed by atoms with Crippen LogP contribution in [0.1, 0.15) is 39.0 Å². The van der Waals surface area contributed by atoms with Gasteiger partial charge in [-0.3, -0.25) is 4.79 Å². The molecule has 4 atom stereocenters. The van der Waals surface area contributed by atoms with E-state index in [1.165, 1.54) is 0 Å². The molecule has 2 aliphatic rings. The van der Waals surface area contributed by atoms with E-state index in [0.717, 1.165) is 6.42 Å². The minimum absolute atomic E-state index is 0.0782. The zero-order valence-electron chi connectivity index (χ0n) is 11.6. The van der Waals surface area contributed by atoms with Crippen molar-refractivity contribution in [2.24, 2.45) is 17.8 Å². The second-order valence-corrected chi connectivity index (χ2v) is 6.37. The lowest BCUT2D eigenvalue weighted by Gasteiger charge is -2.36. The van der Waals surface area contributed by atoms with E-state index in [4.69, 9.17) is 11.6 Å². The van der Waals surface area contributed by atoms with Gasteiger partial charge in [0.25, 0.3) is 0 Å². The largest absolute Gasteiger partial charge is 0.392 e. The van der Waals surface area contributed by atoms with Crippen molar-refractivity contribution in [2.75, 3.05) is 12.4 Å². The van der Waals surface area contributed by atoms with E-state index in [1.807, 2.05) is 6.92 Å². The first-order valence-corrected chi connectivity index (χ1v) is 7.83. The molecule has 2 rings (SSSR count). The molecule has 0 aromatic heterocycles. The quantitative estimate of drug-likeness (QED) is 0.710. The summed E-state index contributed by atoms with van der Waals surface area (Å²) in [4.78, 5) is 14.1. The van der Waals surface area contributed by atoms with Gasteiger partial charge < -0.3 is 4.90 Å². The maximum Gasteiger partial charge on any atom is 0.392 e. The molecule has 1 heterocycles. The van der Waals surface area contributed by atoms with E-state index < -0.39 is 18.0 Å². The highest BCUT2D eigenvalue weighted by Crippen LogP contribution is 2.43. The molecule has 1 saturated heterocycles. The molecule has 116 valence electrons. The zero-order valence-corrected chi connectivity index (χ0v) is 12.4. The summed E-state index contributed by atoms with van der Waals surface area (Å²) in [5, 5.41) is 0. The van der Waals surface area contributed by atoms with E-state index in [2.05, 4.69) is 0 Å². The molecule has 0 bridgehead atoms. The minimum atomic E-state index is -4.28. The lowest BCUT2D eigenvalue weighted by atomic mass is 9.78. The lowest BCUT2D eigenvalue weighted by molar-refractivity contribution is -0.201. The molecule has 1 amide bonds. The summed E-state index contributed by atoms with van der Waals surface area (Å²) in [7, 11) is 0. The van der Waals surface area contributed by atoms with Gasteiger partial charge in [-0.1, -0.05) is 19.8 Å². The second kappa shape index (κ2) is 6.12. The Morgan fingerprint density at radius 1 is 1.25 bits per heavy atom. The van der Waals surface area contributed by atoms with Crippen molar-refractivity contribution in [2.45, 2.75) is 51.2 Å². The van der Waals surface area contributed by atoms with Gasteiger partial charge in [-0.2, -0.15) is 13.2 Å². The number of likely N-dealkylation sites (tertiary alicyclic amines) is 1. The van der Waals surface area contributed by atoms with Gasteiger partial charge in [0.15, 0.2) is 0 Å². The van der Waals surface area contributed by atoms with Gasteiger partial charge in [-0.25, -0.2) is 0 Å². The van der Waals surface area contributed by atoms with Gasteiger partial charge in [0.2, 0.25) is 5.91 Å². The van der Waals surface area contributed by atoms with E-state index >= 15 is 0 Å². The summed E-state index contributed by atoms with van der Waals surface area (Å²) in [6.45, 7) is 2.54. The molecule has 2 nitrogen and oxygen atoms in total. The predicted octanol–water partition coefficient (Wildman–Crippen LogP) is 3.83. The van der Waals surface area contributed by atoms with Crippen molar-refractivity contribution in [3.63, 3.8) is 0 Å². The molecule has 20 heavy (non-hydrogen) atoms. The number of hydrogen-bond acceptors (Lipinski definition) is 1. The van der Waals surface area contributed by atoms with E-state index in [9.17, 15) is 18.0 Å². The highest BCUT2D eigenvalue weighted by molar-refractivity contribution is 6.18. The van der Waals surface area contributed by atoms with Crippen LogP contribution in [-0.2, 0) is 4.79 Å². The molecule has 0 aromatic carbocycles. The third-order valence-corrected chi connectivity index (χ3v) is 5.14. The number of rotatable bonds is 2. The maximum atomic E-state index is 13.1. The number of halogens is 4. The predicted molar refractivity (Wildman–Crippen MR) is 71.5 cm³/mol. The van der Waals surface area contributed by atoms with Crippen LogP contribution in [0.15, 0.2) is 0 Å². The average Bonchev–Trinajstić information content (AvgIpc) is 2.78. The first-order chi connectivity index (χ1) is 9.36.